The van der Waals surface area contributed by atoms with Gasteiger partial charge in [-0.1, -0.05) is 20.8 Å². The standard InChI is InChI=1S/C10H22N2.C2H4/c1-9-7-11-5-6-12(9)8-10(2,3)4;1-2/h9,11H,5-8H2,1-4H3;1-2H2. The molecule has 1 N–H and O–H groups in total. The Morgan fingerprint density at radius 2 is 1.93 bits per heavy atom. The molecule has 0 bridgehead atoms. The third-order valence-corrected chi connectivity index (χ3v) is 2.32. The minimum absolute atomic E-state index is 0.436. The van der Waals surface area contributed by atoms with Gasteiger partial charge in [-0.05, 0) is 12.3 Å². The first-order valence-corrected chi connectivity index (χ1v) is 5.44. The molecule has 0 aromatic heterocycles. The van der Waals surface area contributed by atoms with Crippen molar-refractivity contribution in [2.24, 2.45) is 5.41 Å². The molecule has 0 aromatic carbocycles. The summed E-state index contributed by atoms with van der Waals surface area (Å²) in [6, 6.07) is 0.706. The van der Waals surface area contributed by atoms with E-state index in [-0.39, 0.29) is 0 Å². The Morgan fingerprint density at radius 3 is 2.36 bits per heavy atom. The van der Waals surface area contributed by atoms with Crippen LogP contribution in [0.1, 0.15) is 27.7 Å². The number of nitrogens with zero attached hydrogens (tertiary/aromatic N) is 1. The van der Waals surface area contributed by atoms with Crippen LogP contribution in [0.3, 0.4) is 0 Å². The minimum atomic E-state index is 0.436. The molecule has 1 fully saturated rings. The minimum Gasteiger partial charge on any atom is -0.314 e. The van der Waals surface area contributed by atoms with E-state index in [1.54, 1.807) is 0 Å². The maximum absolute atomic E-state index is 3.41. The highest BCUT2D eigenvalue weighted by molar-refractivity contribution is 4.79. The number of piperazine rings is 1. The van der Waals surface area contributed by atoms with Crippen molar-refractivity contribution in [3.63, 3.8) is 0 Å². The van der Waals surface area contributed by atoms with Crippen molar-refractivity contribution in [3.8, 4) is 0 Å². The first-order valence-electron chi connectivity index (χ1n) is 5.44. The van der Waals surface area contributed by atoms with Crippen molar-refractivity contribution in [1.82, 2.24) is 10.2 Å². The SMILES string of the molecule is C=C.CC1CNCCN1CC(C)(C)C. The van der Waals surface area contributed by atoms with Gasteiger partial charge in [-0.2, -0.15) is 0 Å². The van der Waals surface area contributed by atoms with Gasteiger partial charge in [0.05, 0.1) is 0 Å². The number of hydrogen-bond donors (Lipinski definition) is 1. The summed E-state index contributed by atoms with van der Waals surface area (Å²) in [5.74, 6) is 0. The zero-order valence-corrected chi connectivity index (χ0v) is 10.3. The highest BCUT2D eigenvalue weighted by atomic mass is 15.2. The number of nitrogens with one attached hydrogen (secondary N) is 1. The second-order valence-electron chi connectivity index (χ2n) is 5.08. The molecular weight excluding hydrogens is 172 g/mol. The fourth-order valence-electron chi connectivity index (χ4n) is 1.73. The lowest BCUT2D eigenvalue weighted by Gasteiger charge is -2.38. The van der Waals surface area contributed by atoms with E-state index in [0.717, 1.165) is 13.1 Å². The molecule has 14 heavy (non-hydrogen) atoms. The largest absolute Gasteiger partial charge is 0.314 e. The van der Waals surface area contributed by atoms with E-state index in [0.29, 0.717) is 11.5 Å². The van der Waals surface area contributed by atoms with Crippen LogP contribution in [0.15, 0.2) is 13.2 Å². The maximum atomic E-state index is 3.41. The highest BCUT2D eigenvalue weighted by Crippen LogP contribution is 2.17. The Labute approximate surface area is 89.4 Å². The molecule has 0 aromatic rings. The molecule has 1 aliphatic rings. The van der Waals surface area contributed by atoms with E-state index in [1.807, 2.05) is 0 Å². The molecule has 1 saturated heterocycles. The van der Waals surface area contributed by atoms with Gasteiger partial charge in [0.2, 0.25) is 0 Å². The molecule has 2 heteroatoms. The molecule has 0 amide bonds. The molecule has 1 aliphatic heterocycles. The topological polar surface area (TPSA) is 15.3 Å². The van der Waals surface area contributed by atoms with Crippen LogP contribution in [-0.4, -0.2) is 37.1 Å². The summed E-state index contributed by atoms with van der Waals surface area (Å²) in [6.45, 7) is 20.0. The van der Waals surface area contributed by atoms with E-state index >= 15 is 0 Å². The maximum Gasteiger partial charge on any atom is 0.0193 e. The van der Waals surface area contributed by atoms with E-state index in [9.17, 15) is 0 Å². The fraction of sp³-hybridized carbons (Fsp3) is 0.833. The van der Waals surface area contributed by atoms with Gasteiger partial charge in [-0.15, -0.1) is 13.2 Å². The first kappa shape index (κ1) is 13.7. The van der Waals surface area contributed by atoms with Gasteiger partial charge in [0.15, 0.2) is 0 Å². The second-order valence-corrected chi connectivity index (χ2v) is 5.08. The van der Waals surface area contributed by atoms with E-state index in [2.05, 4.69) is 51.1 Å². The van der Waals surface area contributed by atoms with Gasteiger partial charge in [-0.3, -0.25) is 4.90 Å². The molecule has 0 aliphatic carbocycles. The van der Waals surface area contributed by atoms with Crippen molar-refractivity contribution in [2.75, 3.05) is 26.2 Å². The Hall–Kier alpha value is -0.340. The van der Waals surface area contributed by atoms with Crippen LogP contribution in [0.4, 0.5) is 0 Å². The van der Waals surface area contributed by atoms with Gasteiger partial charge in [0, 0.05) is 32.2 Å². The smallest absolute Gasteiger partial charge is 0.0193 e. The van der Waals surface area contributed by atoms with Crippen molar-refractivity contribution in [1.29, 1.82) is 0 Å². The van der Waals surface area contributed by atoms with Crippen molar-refractivity contribution >= 4 is 0 Å². The summed E-state index contributed by atoms with van der Waals surface area (Å²) in [5.41, 5.74) is 0.436. The van der Waals surface area contributed by atoms with Crippen molar-refractivity contribution in [2.45, 2.75) is 33.7 Å². The first-order chi connectivity index (χ1) is 6.49. The zero-order chi connectivity index (χ0) is 11.2. The Morgan fingerprint density at radius 1 is 1.36 bits per heavy atom. The molecule has 84 valence electrons. The monoisotopic (exact) mass is 198 g/mol. The fourth-order valence-corrected chi connectivity index (χ4v) is 1.73. The number of hydrogen-bond acceptors (Lipinski definition) is 2. The molecule has 1 atom stereocenters. The van der Waals surface area contributed by atoms with Gasteiger partial charge < -0.3 is 5.32 Å². The molecule has 2 nitrogen and oxygen atoms in total. The quantitative estimate of drug-likeness (QED) is 0.649. The molecule has 1 heterocycles. The molecule has 0 spiro atoms. The van der Waals surface area contributed by atoms with Gasteiger partial charge >= 0.3 is 0 Å². The summed E-state index contributed by atoms with van der Waals surface area (Å²) in [5, 5.41) is 3.41. The average Bonchev–Trinajstić information content (AvgIpc) is 2.10. The lowest BCUT2D eigenvalue weighted by atomic mass is 9.95. The lowest BCUT2D eigenvalue weighted by molar-refractivity contribution is 0.123. The van der Waals surface area contributed by atoms with Crippen LogP contribution in [-0.2, 0) is 0 Å². The molecule has 1 rings (SSSR count). The van der Waals surface area contributed by atoms with Crippen LogP contribution in [0.2, 0.25) is 0 Å². The Balaban J connectivity index is 0.000000791. The lowest BCUT2D eigenvalue weighted by Crippen LogP contribution is -2.52. The van der Waals surface area contributed by atoms with E-state index in [4.69, 9.17) is 0 Å². The third-order valence-electron chi connectivity index (χ3n) is 2.32. The second kappa shape index (κ2) is 6.20. The van der Waals surface area contributed by atoms with E-state index < -0.39 is 0 Å². The highest BCUT2D eigenvalue weighted by Gasteiger charge is 2.22. The normalized spacial score (nSPS) is 23.9. The van der Waals surface area contributed by atoms with Crippen molar-refractivity contribution < 1.29 is 0 Å². The van der Waals surface area contributed by atoms with Crippen LogP contribution in [0.25, 0.3) is 0 Å². The van der Waals surface area contributed by atoms with Crippen LogP contribution in [0.5, 0.6) is 0 Å². The van der Waals surface area contributed by atoms with E-state index in [1.165, 1.54) is 13.1 Å². The predicted molar refractivity (Wildman–Crippen MR) is 64.6 cm³/mol. The van der Waals surface area contributed by atoms with Crippen LogP contribution < -0.4 is 5.32 Å². The summed E-state index contributed by atoms with van der Waals surface area (Å²) in [4.78, 5) is 2.58. The summed E-state index contributed by atoms with van der Waals surface area (Å²) < 4.78 is 0. The molecular formula is C12H26N2. The third kappa shape index (κ3) is 5.40. The predicted octanol–water partition coefficient (Wildman–Crippen LogP) is 2.13. The molecule has 1 unspecified atom stereocenters. The van der Waals surface area contributed by atoms with Gasteiger partial charge in [0.25, 0.3) is 0 Å². The van der Waals surface area contributed by atoms with Crippen LogP contribution in [0, 0.1) is 5.41 Å². The average molecular weight is 198 g/mol. The van der Waals surface area contributed by atoms with Gasteiger partial charge in [-0.25, -0.2) is 0 Å². The summed E-state index contributed by atoms with van der Waals surface area (Å²) in [7, 11) is 0. The molecule has 0 radical (unpaired) electrons. The van der Waals surface area contributed by atoms with Gasteiger partial charge in [0.1, 0.15) is 0 Å². The summed E-state index contributed by atoms with van der Waals surface area (Å²) >= 11 is 0. The zero-order valence-electron chi connectivity index (χ0n) is 10.3. The Kier molecular flexibility index (Phi) is 6.05. The van der Waals surface area contributed by atoms with Crippen molar-refractivity contribution in [3.05, 3.63) is 13.2 Å². The Bertz CT molecular complexity index is 149. The number of rotatable bonds is 1. The van der Waals surface area contributed by atoms with Crippen LogP contribution >= 0.6 is 0 Å². The molecule has 0 saturated carbocycles. The summed E-state index contributed by atoms with van der Waals surface area (Å²) in [6.07, 6.45) is 0.